The summed E-state index contributed by atoms with van der Waals surface area (Å²) in [5.74, 6) is 0.617. The van der Waals surface area contributed by atoms with E-state index >= 15 is 0 Å². The van der Waals surface area contributed by atoms with Crippen LogP contribution in [0.25, 0.3) is 11.3 Å². The number of nitrogens with zero attached hydrogens (tertiary/aromatic N) is 4. The average Bonchev–Trinajstić information content (AvgIpc) is 3.25. The lowest BCUT2D eigenvalue weighted by molar-refractivity contribution is 0.177. The molecule has 0 bridgehead atoms. The van der Waals surface area contributed by atoms with Gasteiger partial charge in [0.1, 0.15) is 22.1 Å². The molecule has 0 spiro atoms. The van der Waals surface area contributed by atoms with Gasteiger partial charge in [-0.2, -0.15) is 4.31 Å². The molecule has 1 aliphatic rings. The van der Waals surface area contributed by atoms with Gasteiger partial charge in [-0.3, -0.25) is 4.90 Å². The van der Waals surface area contributed by atoms with Gasteiger partial charge >= 0.3 is 0 Å². The van der Waals surface area contributed by atoms with Crippen LogP contribution in [0, 0.1) is 26.6 Å². The van der Waals surface area contributed by atoms with Crippen LogP contribution >= 0.6 is 0 Å². The second-order valence-electron chi connectivity index (χ2n) is 7.42. The zero-order valence-corrected chi connectivity index (χ0v) is 17.9. The Balaban J connectivity index is 1.43. The maximum absolute atomic E-state index is 13.2. The molecule has 10 heteroatoms. The topological polar surface area (TPSA) is 92.7 Å². The Kier molecular flexibility index (Phi) is 5.48. The van der Waals surface area contributed by atoms with Gasteiger partial charge in [0, 0.05) is 43.9 Å². The van der Waals surface area contributed by atoms with Crippen LogP contribution in [0.15, 0.2) is 38.2 Å². The summed E-state index contributed by atoms with van der Waals surface area (Å²) in [7, 11) is -3.63. The van der Waals surface area contributed by atoms with Gasteiger partial charge in [0.2, 0.25) is 10.0 Å². The van der Waals surface area contributed by atoms with Crippen molar-refractivity contribution in [2.24, 2.45) is 0 Å². The largest absolute Gasteiger partial charge is 0.360 e. The SMILES string of the molecule is Cc1noc(C)c1S(=O)(=O)N1CCN(Cc2noc(-c3ccc(F)cc3)c2C)CC1. The molecule has 0 aliphatic carbocycles. The van der Waals surface area contributed by atoms with E-state index in [0.717, 1.165) is 16.8 Å². The molecule has 0 atom stereocenters. The predicted molar refractivity (Wildman–Crippen MR) is 107 cm³/mol. The number of rotatable bonds is 5. The summed E-state index contributed by atoms with van der Waals surface area (Å²) in [5.41, 5.74) is 2.83. The number of benzene rings is 1. The van der Waals surface area contributed by atoms with E-state index in [1.165, 1.54) is 16.4 Å². The van der Waals surface area contributed by atoms with E-state index in [-0.39, 0.29) is 10.7 Å². The van der Waals surface area contributed by atoms with Gasteiger partial charge in [-0.1, -0.05) is 10.3 Å². The zero-order chi connectivity index (χ0) is 21.5. The van der Waals surface area contributed by atoms with E-state index in [4.69, 9.17) is 9.05 Å². The van der Waals surface area contributed by atoms with Crippen molar-refractivity contribution in [2.75, 3.05) is 26.2 Å². The molecule has 30 heavy (non-hydrogen) atoms. The smallest absolute Gasteiger partial charge is 0.248 e. The molecule has 0 saturated carbocycles. The Labute approximate surface area is 174 Å². The van der Waals surface area contributed by atoms with Crippen LogP contribution in [-0.4, -0.2) is 54.1 Å². The summed E-state index contributed by atoms with van der Waals surface area (Å²) in [5, 5.41) is 7.94. The number of halogens is 1. The van der Waals surface area contributed by atoms with Gasteiger partial charge in [-0.25, -0.2) is 12.8 Å². The molecular weight excluding hydrogens is 411 g/mol. The maximum atomic E-state index is 13.2. The van der Waals surface area contributed by atoms with E-state index in [0.29, 0.717) is 49.9 Å². The van der Waals surface area contributed by atoms with Gasteiger partial charge in [0.05, 0.1) is 0 Å². The highest BCUT2D eigenvalue weighted by Crippen LogP contribution is 2.28. The van der Waals surface area contributed by atoms with Gasteiger partial charge < -0.3 is 9.05 Å². The molecule has 8 nitrogen and oxygen atoms in total. The molecule has 1 fully saturated rings. The first-order chi connectivity index (χ1) is 14.3. The van der Waals surface area contributed by atoms with E-state index in [2.05, 4.69) is 15.2 Å². The van der Waals surface area contributed by atoms with Crippen molar-refractivity contribution in [3.63, 3.8) is 0 Å². The molecule has 4 rings (SSSR count). The van der Waals surface area contributed by atoms with Gasteiger partial charge in [-0.15, -0.1) is 0 Å². The molecule has 1 aliphatic heterocycles. The number of hydrogen-bond acceptors (Lipinski definition) is 7. The Morgan fingerprint density at radius 1 is 1.00 bits per heavy atom. The molecular formula is C20H23FN4O4S. The minimum atomic E-state index is -3.63. The molecule has 1 aromatic carbocycles. The first kappa shape index (κ1) is 20.7. The van der Waals surface area contributed by atoms with Crippen LogP contribution in [-0.2, 0) is 16.6 Å². The third kappa shape index (κ3) is 3.78. The maximum Gasteiger partial charge on any atom is 0.248 e. The first-order valence-corrected chi connectivity index (χ1v) is 11.1. The van der Waals surface area contributed by atoms with Crippen LogP contribution in [0.1, 0.15) is 22.7 Å². The first-order valence-electron chi connectivity index (χ1n) is 9.64. The lowest BCUT2D eigenvalue weighted by atomic mass is 10.1. The fraction of sp³-hybridized carbons (Fsp3) is 0.400. The Hall–Kier alpha value is -2.56. The minimum Gasteiger partial charge on any atom is -0.360 e. The highest BCUT2D eigenvalue weighted by Gasteiger charge is 2.33. The van der Waals surface area contributed by atoms with Crippen molar-refractivity contribution >= 4 is 10.0 Å². The van der Waals surface area contributed by atoms with E-state index in [1.807, 2.05) is 6.92 Å². The number of sulfonamides is 1. The third-order valence-corrected chi connectivity index (χ3v) is 7.54. The summed E-state index contributed by atoms with van der Waals surface area (Å²) in [6.07, 6.45) is 0. The molecule has 1 saturated heterocycles. The summed E-state index contributed by atoms with van der Waals surface area (Å²) in [4.78, 5) is 2.30. The molecule has 3 aromatic rings. The fourth-order valence-corrected chi connectivity index (χ4v) is 5.41. The summed E-state index contributed by atoms with van der Waals surface area (Å²) in [6, 6.07) is 6.08. The molecule has 0 radical (unpaired) electrons. The van der Waals surface area contributed by atoms with Crippen molar-refractivity contribution in [3.05, 3.63) is 52.8 Å². The normalized spacial score (nSPS) is 16.3. The second kappa shape index (κ2) is 7.93. The Morgan fingerprint density at radius 2 is 1.67 bits per heavy atom. The predicted octanol–water partition coefficient (Wildman–Crippen LogP) is 2.90. The van der Waals surface area contributed by atoms with Gasteiger partial charge in [0.15, 0.2) is 11.5 Å². The Morgan fingerprint density at radius 3 is 2.27 bits per heavy atom. The monoisotopic (exact) mass is 434 g/mol. The summed E-state index contributed by atoms with van der Waals surface area (Å²) >= 11 is 0. The molecule has 3 heterocycles. The van der Waals surface area contributed by atoms with Crippen molar-refractivity contribution in [2.45, 2.75) is 32.2 Å². The van der Waals surface area contributed by atoms with Crippen LogP contribution in [0.4, 0.5) is 4.39 Å². The van der Waals surface area contributed by atoms with Crippen molar-refractivity contribution in [1.29, 1.82) is 0 Å². The van der Waals surface area contributed by atoms with Crippen LogP contribution in [0.5, 0.6) is 0 Å². The van der Waals surface area contributed by atoms with Gasteiger partial charge in [-0.05, 0) is 45.0 Å². The highest BCUT2D eigenvalue weighted by molar-refractivity contribution is 7.89. The van der Waals surface area contributed by atoms with E-state index < -0.39 is 10.0 Å². The molecule has 2 aromatic heterocycles. The van der Waals surface area contributed by atoms with E-state index in [9.17, 15) is 12.8 Å². The molecule has 0 amide bonds. The number of piperazine rings is 1. The number of aromatic nitrogens is 2. The van der Waals surface area contributed by atoms with Crippen LogP contribution < -0.4 is 0 Å². The number of aryl methyl sites for hydroxylation is 2. The second-order valence-corrected chi connectivity index (χ2v) is 9.30. The molecule has 0 unspecified atom stereocenters. The van der Waals surface area contributed by atoms with Crippen LogP contribution in [0.3, 0.4) is 0 Å². The van der Waals surface area contributed by atoms with Crippen LogP contribution in [0.2, 0.25) is 0 Å². The van der Waals surface area contributed by atoms with Crippen molar-refractivity contribution in [1.82, 2.24) is 19.5 Å². The molecule has 160 valence electrons. The molecule has 0 N–H and O–H groups in total. The average molecular weight is 434 g/mol. The Bertz CT molecular complexity index is 1130. The lowest BCUT2D eigenvalue weighted by Crippen LogP contribution is -2.48. The lowest BCUT2D eigenvalue weighted by Gasteiger charge is -2.33. The van der Waals surface area contributed by atoms with Crippen molar-refractivity contribution < 1.29 is 21.9 Å². The standard InChI is InChI=1S/C20H23FN4O4S/c1-13-18(23-29-19(13)16-4-6-17(21)7-5-16)12-24-8-10-25(11-9-24)30(26,27)20-14(2)22-28-15(20)3/h4-7H,8-12H2,1-3H3. The zero-order valence-electron chi connectivity index (χ0n) is 17.1. The third-order valence-electron chi connectivity index (χ3n) is 5.40. The van der Waals surface area contributed by atoms with Crippen molar-refractivity contribution in [3.8, 4) is 11.3 Å². The summed E-state index contributed by atoms with van der Waals surface area (Å²) in [6.45, 7) is 7.59. The summed E-state index contributed by atoms with van der Waals surface area (Å²) < 4.78 is 51.0. The highest BCUT2D eigenvalue weighted by atomic mass is 32.2. The quantitative estimate of drug-likeness (QED) is 0.610. The fourth-order valence-electron chi connectivity index (χ4n) is 3.70. The minimum absolute atomic E-state index is 0.159. The number of hydrogen-bond donors (Lipinski definition) is 0. The van der Waals surface area contributed by atoms with E-state index in [1.54, 1.807) is 26.0 Å². The van der Waals surface area contributed by atoms with Gasteiger partial charge in [0.25, 0.3) is 0 Å².